The van der Waals surface area contributed by atoms with Gasteiger partial charge in [0.15, 0.2) is 0 Å². The van der Waals surface area contributed by atoms with E-state index in [-0.39, 0.29) is 12.4 Å². The Morgan fingerprint density at radius 3 is 2.62 bits per heavy atom. The lowest BCUT2D eigenvalue weighted by atomic mass is 9.88. The van der Waals surface area contributed by atoms with E-state index in [1.807, 2.05) is 6.07 Å². The second-order valence-electron chi connectivity index (χ2n) is 5.60. The summed E-state index contributed by atoms with van der Waals surface area (Å²) in [6.07, 6.45) is 2.19. The summed E-state index contributed by atoms with van der Waals surface area (Å²) in [6, 6.07) is 7.19. The molecule has 0 heterocycles. The molecule has 3 rings (SSSR count). The van der Waals surface area contributed by atoms with E-state index in [2.05, 4.69) is 4.72 Å². The van der Waals surface area contributed by atoms with Crippen LogP contribution in [0.3, 0.4) is 0 Å². The third-order valence-corrected chi connectivity index (χ3v) is 5.45. The van der Waals surface area contributed by atoms with Crippen LogP contribution in [0.5, 0.6) is 0 Å². The van der Waals surface area contributed by atoms with Gasteiger partial charge in [-0.15, -0.1) is 12.4 Å². The van der Waals surface area contributed by atoms with Gasteiger partial charge in [-0.2, -0.15) is 0 Å². The van der Waals surface area contributed by atoms with E-state index in [1.54, 1.807) is 12.1 Å². The third kappa shape index (κ3) is 3.68. The fourth-order valence-corrected chi connectivity index (χ4v) is 4.23. The molecule has 0 saturated heterocycles. The molecule has 0 radical (unpaired) electrons. The van der Waals surface area contributed by atoms with Gasteiger partial charge in [-0.3, -0.25) is 0 Å². The minimum absolute atomic E-state index is 0. The zero-order valence-electron chi connectivity index (χ0n) is 12.6. The van der Waals surface area contributed by atoms with Crippen LogP contribution in [0.2, 0.25) is 0 Å². The predicted octanol–water partition coefficient (Wildman–Crippen LogP) is 3.32. The van der Waals surface area contributed by atoms with Crippen molar-refractivity contribution < 1.29 is 17.2 Å². The number of aryl methyl sites for hydroxylation is 1. The molecule has 1 unspecified atom stereocenters. The summed E-state index contributed by atoms with van der Waals surface area (Å²) in [4.78, 5) is -0.680. The zero-order valence-corrected chi connectivity index (χ0v) is 14.3. The Bertz CT molecular complexity index is 859. The minimum atomic E-state index is -4.16. The van der Waals surface area contributed by atoms with E-state index in [0.29, 0.717) is 18.2 Å². The van der Waals surface area contributed by atoms with Crippen molar-refractivity contribution >= 4 is 28.1 Å². The van der Waals surface area contributed by atoms with Crippen molar-refractivity contribution in [3.8, 4) is 0 Å². The van der Waals surface area contributed by atoms with Crippen LogP contribution in [0.1, 0.15) is 30.0 Å². The van der Waals surface area contributed by atoms with Crippen LogP contribution < -0.4 is 10.5 Å². The first-order valence-corrected chi connectivity index (χ1v) is 8.71. The van der Waals surface area contributed by atoms with Crippen LogP contribution in [0.25, 0.3) is 0 Å². The molecular formula is C16H17ClF2N2O2S. The van der Waals surface area contributed by atoms with E-state index < -0.39 is 32.6 Å². The molecule has 0 spiro atoms. The van der Waals surface area contributed by atoms with E-state index in [4.69, 9.17) is 5.73 Å². The highest BCUT2D eigenvalue weighted by atomic mass is 35.5. The van der Waals surface area contributed by atoms with Crippen molar-refractivity contribution in [2.24, 2.45) is 0 Å². The Balaban J connectivity index is 0.00000208. The molecule has 0 bridgehead atoms. The number of nitrogens with two attached hydrogens (primary N) is 1. The van der Waals surface area contributed by atoms with Gasteiger partial charge in [0.05, 0.1) is 0 Å². The second-order valence-corrected chi connectivity index (χ2v) is 7.28. The summed E-state index contributed by atoms with van der Waals surface area (Å²) < 4.78 is 54.3. The number of hydrogen-bond acceptors (Lipinski definition) is 3. The van der Waals surface area contributed by atoms with E-state index in [0.717, 1.165) is 36.1 Å². The van der Waals surface area contributed by atoms with E-state index in [9.17, 15) is 17.2 Å². The smallest absolute Gasteiger partial charge is 0.244 e. The fourth-order valence-electron chi connectivity index (χ4n) is 2.89. The molecule has 0 aliphatic heterocycles. The average molecular weight is 375 g/mol. The zero-order chi connectivity index (χ0) is 16.6. The lowest BCUT2D eigenvalue weighted by Gasteiger charge is -2.26. The molecule has 2 aromatic carbocycles. The van der Waals surface area contributed by atoms with Crippen molar-refractivity contribution in [1.29, 1.82) is 0 Å². The van der Waals surface area contributed by atoms with Crippen molar-refractivity contribution in [3.63, 3.8) is 0 Å². The quantitative estimate of drug-likeness (QED) is 0.809. The first-order chi connectivity index (χ1) is 10.9. The summed E-state index contributed by atoms with van der Waals surface area (Å²) >= 11 is 0. The monoisotopic (exact) mass is 374 g/mol. The summed E-state index contributed by atoms with van der Waals surface area (Å²) in [5.74, 6) is -1.78. The predicted molar refractivity (Wildman–Crippen MR) is 90.5 cm³/mol. The highest BCUT2D eigenvalue weighted by Crippen LogP contribution is 2.32. The van der Waals surface area contributed by atoms with E-state index in [1.165, 1.54) is 0 Å². The molecule has 130 valence electrons. The van der Waals surface area contributed by atoms with Crippen LogP contribution in [-0.2, 0) is 16.4 Å². The Morgan fingerprint density at radius 1 is 1.12 bits per heavy atom. The highest BCUT2D eigenvalue weighted by Gasteiger charge is 2.27. The van der Waals surface area contributed by atoms with Gasteiger partial charge in [-0.1, -0.05) is 6.07 Å². The molecule has 24 heavy (non-hydrogen) atoms. The normalized spacial score (nSPS) is 17.0. The number of anilines is 1. The molecule has 1 atom stereocenters. The molecule has 4 nitrogen and oxygen atoms in total. The third-order valence-electron chi connectivity index (χ3n) is 3.96. The van der Waals surface area contributed by atoms with Crippen LogP contribution in [0, 0.1) is 11.6 Å². The second kappa shape index (κ2) is 7.04. The molecular weight excluding hydrogens is 358 g/mol. The summed E-state index contributed by atoms with van der Waals surface area (Å²) in [5, 5.41) is 0. The van der Waals surface area contributed by atoms with Gasteiger partial charge in [-0.25, -0.2) is 21.9 Å². The Kier molecular flexibility index (Phi) is 5.47. The molecule has 0 saturated carbocycles. The van der Waals surface area contributed by atoms with E-state index >= 15 is 0 Å². The van der Waals surface area contributed by atoms with Crippen molar-refractivity contribution in [1.82, 2.24) is 4.72 Å². The number of rotatable bonds is 3. The number of fused-ring (bicyclic) bond motifs is 1. The number of benzene rings is 2. The maximum Gasteiger partial charge on any atom is 0.244 e. The van der Waals surface area contributed by atoms with Gasteiger partial charge in [-0.05, 0) is 60.7 Å². The van der Waals surface area contributed by atoms with Crippen LogP contribution in [0.4, 0.5) is 14.5 Å². The number of nitrogens with one attached hydrogen (secondary N) is 1. The van der Waals surface area contributed by atoms with Gasteiger partial charge in [0.2, 0.25) is 10.0 Å². The molecule has 0 fully saturated rings. The minimum Gasteiger partial charge on any atom is -0.399 e. The maximum atomic E-state index is 13.8. The average Bonchev–Trinajstić information content (AvgIpc) is 2.49. The van der Waals surface area contributed by atoms with Gasteiger partial charge in [0.25, 0.3) is 0 Å². The molecule has 0 amide bonds. The number of nitrogen functional groups attached to an aromatic ring is 1. The van der Waals surface area contributed by atoms with Gasteiger partial charge in [0.1, 0.15) is 16.5 Å². The van der Waals surface area contributed by atoms with Gasteiger partial charge >= 0.3 is 0 Å². The van der Waals surface area contributed by atoms with Crippen molar-refractivity contribution in [2.75, 3.05) is 5.73 Å². The van der Waals surface area contributed by atoms with Gasteiger partial charge < -0.3 is 5.73 Å². The van der Waals surface area contributed by atoms with Crippen LogP contribution in [-0.4, -0.2) is 8.42 Å². The SMILES string of the molecule is Cl.Nc1ccc2c(c1)CCCC2NS(=O)(=O)c1cc(F)ccc1F. The lowest BCUT2D eigenvalue weighted by Crippen LogP contribution is -2.31. The lowest BCUT2D eigenvalue weighted by molar-refractivity contribution is 0.499. The first kappa shape index (κ1) is 18.6. The maximum absolute atomic E-state index is 13.8. The van der Waals surface area contributed by atoms with Crippen molar-refractivity contribution in [2.45, 2.75) is 30.2 Å². The topological polar surface area (TPSA) is 72.2 Å². The van der Waals surface area contributed by atoms with Crippen molar-refractivity contribution in [3.05, 3.63) is 59.2 Å². The molecule has 3 N–H and O–H groups in total. The van der Waals surface area contributed by atoms with Crippen LogP contribution >= 0.6 is 12.4 Å². The summed E-state index contributed by atoms with van der Waals surface area (Å²) in [5.41, 5.74) is 8.17. The van der Waals surface area contributed by atoms with Gasteiger partial charge in [0, 0.05) is 11.7 Å². The fraction of sp³-hybridized carbons (Fsp3) is 0.250. The molecule has 0 aromatic heterocycles. The molecule has 1 aliphatic carbocycles. The molecule has 1 aliphatic rings. The molecule has 2 aromatic rings. The Labute approximate surface area is 145 Å². The summed E-state index contributed by atoms with van der Waals surface area (Å²) in [7, 11) is -4.16. The first-order valence-electron chi connectivity index (χ1n) is 7.22. The highest BCUT2D eigenvalue weighted by molar-refractivity contribution is 7.89. The number of hydrogen-bond donors (Lipinski definition) is 2. The Hall–Kier alpha value is -1.70. The summed E-state index contributed by atoms with van der Waals surface area (Å²) in [6.45, 7) is 0. The number of halogens is 3. The van der Waals surface area contributed by atoms with Crippen LogP contribution in [0.15, 0.2) is 41.3 Å². The number of sulfonamides is 1. The Morgan fingerprint density at radius 2 is 1.88 bits per heavy atom. The standard InChI is InChI=1S/C16H16F2N2O2S.ClH/c17-11-4-7-14(18)16(9-11)23(21,22)20-15-3-1-2-10-8-12(19)5-6-13(10)15;/h4-9,15,20H,1-3,19H2;1H. The molecule has 8 heteroatoms. The largest absolute Gasteiger partial charge is 0.399 e.